The van der Waals surface area contributed by atoms with Crippen molar-refractivity contribution < 1.29 is 18.7 Å². The minimum Gasteiger partial charge on any atom is -0.507 e. The molecule has 0 unspecified atom stereocenters. The first-order chi connectivity index (χ1) is 10.4. The predicted molar refractivity (Wildman–Crippen MR) is 75.0 cm³/mol. The maximum atomic E-state index is 13.7. The van der Waals surface area contributed by atoms with Crippen LogP contribution in [0, 0.1) is 23.0 Å². The third-order valence-electron chi connectivity index (χ3n) is 3.10. The average molecular weight is 302 g/mol. The number of aromatic hydroxyl groups is 1. The molecule has 22 heavy (non-hydrogen) atoms. The zero-order chi connectivity index (χ0) is 16.3. The van der Waals surface area contributed by atoms with Gasteiger partial charge in [0.1, 0.15) is 22.9 Å². The second-order valence-corrected chi connectivity index (χ2v) is 4.75. The van der Waals surface area contributed by atoms with Crippen LogP contribution in [0.4, 0.5) is 8.78 Å². The Morgan fingerprint density at radius 1 is 1.27 bits per heavy atom. The number of halogens is 2. The Bertz CT molecular complexity index is 729. The maximum Gasteiger partial charge on any atom is 0.260 e. The molecule has 1 N–H and O–H groups in total. The van der Waals surface area contributed by atoms with Gasteiger partial charge in [-0.05, 0) is 17.7 Å². The van der Waals surface area contributed by atoms with Gasteiger partial charge in [0.25, 0.3) is 5.91 Å². The SMILES string of the molecule is CN(Cc1ccc(C#N)cc1)C(=O)c1c(O)cc(F)cc1F. The molecule has 0 radical (unpaired) electrons. The Labute approximate surface area is 125 Å². The molecule has 0 aromatic heterocycles. The normalized spacial score (nSPS) is 10.1. The zero-order valence-corrected chi connectivity index (χ0v) is 11.7. The molecule has 0 aliphatic rings. The van der Waals surface area contributed by atoms with Gasteiger partial charge in [0.05, 0.1) is 11.6 Å². The van der Waals surface area contributed by atoms with Crippen molar-refractivity contribution in [2.45, 2.75) is 6.54 Å². The maximum absolute atomic E-state index is 13.7. The van der Waals surface area contributed by atoms with Crippen LogP contribution >= 0.6 is 0 Å². The topological polar surface area (TPSA) is 64.3 Å². The summed E-state index contributed by atoms with van der Waals surface area (Å²) in [7, 11) is 1.43. The Morgan fingerprint density at radius 3 is 2.45 bits per heavy atom. The number of carbonyl (C=O) groups is 1. The first-order valence-corrected chi connectivity index (χ1v) is 6.35. The lowest BCUT2D eigenvalue weighted by atomic mass is 10.1. The smallest absolute Gasteiger partial charge is 0.260 e. The summed E-state index contributed by atoms with van der Waals surface area (Å²) in [6.45, 7) is 0.154. The van der Waals surface area contributed by atoms with Gasteiger partial charge in [0.15, 0.2) is 0 Å². The van der Waals surface area contributed by atoms with Crippen molar-refractivity contribution in [3.63, 3.8) is 0 Å². The number of rotatable bonds is 3. The molecule has 0 saturated heterocycles. The minimum atomic E-state index is -1.12. The number of phenolic OH excluding ortho intramolecular Hbond substituents is 1. The van der Waals surface area contributed by atoms with E-state index in [9.17, 15) is 18.7 Å². The van der Waals surface area contributed by atoms with Crippen molar-refractivity contribution in [3.8, 4) is 11.8 Å². The standard InChI is InChI=1S/C16H12F2N2O2/c1-20(9-11-4-2-10(8-19)3-5-11)16(22)15-13(18)6-12(17)7-14(15)21/h2-7,21H,9H2,1H3. The highest BCUT2D eigenvalue weighted by atomic mass is 19.1. The molecule has 112 valence electrons. The molecule has 0 aliphatic carbocycles. The Balaban J connectivity index is 2.20. The van der Waals surface area contributed by atoms with Gasteiger partial charge in [-0.15, -0.1) is 0 Å². The third-order valence-corrected chi connectivity index (χ3v) is 3.10. The lowest BCUT2D eigenvalue weighted by molar-refractivity contribution is 0.0777. The molecule has 2 rings (SSSR count). The van der Waals surface area contributed by atoms with E-state index in [1.165, 1.54) is 11.9 Å². The number of nitriles is 1. The highest BCUT2D eigenvalue weighted by molar-refractivity contribution is 5.96. The summed E-state index contributed by atoms with van der Waals surface area (Å²) in [6, 6.07) is 9.75. The first kappa shape index (κ1) is 15.4. The van der Waals surface area contributed by atoms with Crippen LogP contribution in [0.1, 0.15) is 21.5 Å². The van der Waals surface area contributed by atoms with Crippen LogP contribution in [0.25, 0.3) is 0 Å². The molecule has 2 aromatic carbocycles. The molecular formula is C16H12F2N2O2. The zero-order valence-electron chi connectivity index (χ0n) is 11.7. The third kappa shape index (κ3) is 3.20. The Hall–Kier alpha value is -2.94. The van der Waals surface area contributed by atoms with Crippen molar-refractivity contribution >= 4 is 5.91 Å². The van der Waals surface area contributed by atoms with Crippen molar-refractivity contribution in [2.24, 2.45) is 0 Å². The highest BCUT2D eigenvalue weighted by Gasteiger charge is 2.21. The van der Waals surface area contributed by atoms with Crippen LogP contribution < -0.4 is 0 Å². The summed E-state index contributed by atoms with van der Waals surface area (Å²) in [5, 5.41) is 18.3. The number of nitrogens with zero attached hydrogens (tertiary/aromatic N) is 2. The second kappa shape index (κ2) is 6.22. The molecule has 0 atom stereocenters. The van der Waals surface area contributed by atoms with Crippen molar-refractivity contribution in [1.82, 2.24) is 4.90 Å². The fourth-order valence-electron chi connectivity index (χ4n) is 1.99. The minimum absolute atomic E-state index is 0.154. The molecule has 4 nitrogen and oxygen atoms in total. The van der Waals surface area contributed by atoms with Crippen LogP contribution in [-0.2, 0) is 6.54 Å². The largest absolute Gasteiger partial charge is 0.507 e. The second-order valence-electron chi connectivity index (χ2n) is 4.75. The van der Waals surface area contributed by atoms with E-state index in [0.29, 0.717) is 17.7 Å². The fourth-order valence-corrected chi connectivity index (χ4v) is 1.99. The lowest BCUT2D eigenvalue weighted by Gasteiger charge is -2.18. The molecule has 1 amide bonds. The highest BCUT2D eigenvalue weighted by Crippen LogP contribution is 2.24. The number of benzene rings is 2. The fraction of sp³-hybridized carbons (Fsp3) is 0.125. The van der Waals surface area contributed by atoms with Crippen LogP contribution in [0.15, 0.2) is 36.4 Å². The average Bonchev–Trinajstić information content (AvgIpc) is 2.46. The van der Waals surface area contributed by atoms with Gasteiger partial charge >= 0.3 is 0 Å². The quantitative estimate of drug-likeness (QED) is 0.948. The van der Waals surface area contributed by atoms with Crippen LogP contribution in [0.3, 0.4) is 0 Å². The van der Waals surface area contributed by atoms with Crippen LogP contribution in [0.2, 0.25) is 0 Å². The summed E-state index contributed by atoms with van der Waals surface area (Å²) in [4.78, 5) is 13.4. The lowest BCUT2D eigenvalue weighted by Crippen LogP contribution is -2.27. The first-order valence-electron chi connectivity index (χ1n) is 6.35. The van der Waals surface area contributed by atoms with Gasteiger partial charge in [0, 0.05) is 25.7 Å². The van der Waals surface area contributed by atoms with E-state index in [-0.39, 0.29) is 6.54 Å². The number of carbonyl (C=O) groups excluding carboxylic acids is 1. The Kier molecular flexibility index (Phi) is 4.37. The molecule has 0 heterocycles. The van der Waals surface area contributed by atoms with E-state index in [0.717, 1.165) is 5.56 Å². The number of hydrogen-bond donors (Lipinski definition) is 1. The van der Waals surface area contributed by atoms with Gasteiger partial charge in [-0.1, -0.05) is 12.1 Å². The number of hydrogen-bond acceptors (Lipinski definition) is 3. The molecule has 6 heteroatoms. The van der Waals surface area contributed by atoms with E-state index < -0.39 is 28.9 Å². The van der Waals surface area contributed by atoms with Gasteiger partial charge in [-0.2, -0.15) is 5.26 Å². The molecule has 0 bridgehead atoms. The van der Waals surface area contributed by atoms with E-state index in [1.54, 1.807) is 24.3 Å². The molecular weight excluding hydrogens is 290 g/mol. The van der Waals surface area contributed by atoms with E-state index in [4.69, 9.17) is 5.26 Å². The summed E-state index contributed by atoms with van der Waals surface area (Å²) in [6.07, 6.45) is 0. The van der Waals surface area contributed by atoms with Crippen molar-refractivity contribution in [1.29, 1.82) is 5.26 Å². The van der Waals surface area contributed by atoms with E-state index >= 15 is 0 Å². The predicted octanol–water partition coefficient (Wildman–Crippen LogP) is 2.81. The molecule has 0 fully saturated rings. The van der Waals surface area contributed by atoms with Crippen molar-refractivity contribution in [3.05, 3.63) is 64.7 Å². The van der Waals surface area contributed by atoms with Gasteiger partial charge < -0.3 is 10.0 Å². The molecule has 0 spiro atoms. The molecule has 0 aliphatic heterocycles. The molecule has 2 aromatic rings. The van der Waals surface area contributed by atoms with E-state index in [2.05, 4.69) is 0 Å². The van der Waals surface area contributed by atoms with Gasteiger partial charge in [-0.3, -0.25) is 4.79 Å². The number of phenols is 1. The van der Waals surface area contributed by atoms with Gasteiger partial charge in [0.2, 0.25) is 0 Å². The van der Waals surface area contributed by atoms with Crippen LogP contribution in [0.5, 0.6) is 5.75 Å². The summed E-state index contributed by atoms with van der Waals surface area (Å²) in [5.74, 6) is -3.58. The summed E-state index contributed by atoms with van der Waals surface area (Å²) >= 11 is 0. The number of amides is 1. The van der Waals surface area contributed by atoms with Crippen LogP contribution in [-0.4, -0.2) is 23.0 Å². The van der Waals surface area contributed by atoms with E-state index in [1.807, 2.05) is 6.07 Å². The summed E-state index contributed by atoms with van der Waals surface area (Å²) in [5.41, 5.74) is 0.648. The Morgan fingerprint density at radius 2 is 1.91 bits per heavy atom. The summed E-state index contributed by atoms with van der Waals surface area (Å²) < 4.78 is 26.6. The monoisotopic (exact) mass is 302 g/mol. The molecule has 0 saturated carbocycles. The van der Waals surface area contributed by atoms with Crippen molar-refractivity contribution in [2.75, 3.05) is 7.05 Å². The van der Waals surface area contributed by atoms with Gasteiger partial charge in [-0.25, -0.2) is 8.78 Å².